The monoisotopic (exact) mass is 389 g/mol. The van der Waals surface area contributed by atoms with Gasteiger partial charge in [-0.3, -0.25) is 24.2 Å². The lowest BCUT2D eigenvalue weighted by atomic mass is 10.1. The first-order valence-corrected chi connectivity index (χ1v) is 8.19. The molecular weight excluding hydrogens is 374 g/mol. The number of nitrogens with zero attached hydrogens (tertiary/aromatic N) is 1. The molecule has 0 spiro atoms. The van der Waals surface area contributed by atoms with E-state index in [4.69, 9.17) is 16.3 Å². The number of halogens is 1. The number of aromatic nitrogens is 1. The Morgan fingerprint density at radius 3 is 2.44 bits per heavy atom. The van der Waals surface area contributed by atoms with Gasteiger partial charge in [0.25, 0.3) is 11.8 Å². The van der Waals surface area contributed by atoms with E-state index in [0.717, 1.165) is 0 Å². The number of esters is 1. The van der Waals surface area contributed by atoms with Crippen molar-refractivity contribution in [2.75, 3.05) is 18.5 Å². The molecule has 0 saturated heterocycles. The van der Waals surface area contributed by atoms with Gasteiger partial charge in [-0.15, -0.1) is 0 Å². The molecule has 0 saturated carbocycles. The van der Waals surface area contributed by atoms with Crippen molar-refractivity contribution >= 4 is 40.9 Å². The zero-order valence-electron chi connectivity index (χ0n) is 14.3. The van der Waals surface area contributed by atoms with Gasteiger partial charge in [-0.05, 0) is 43.3 Å². The third-order valence-corrected chi connectivity index (χ3v) is 3.52. The number of pyridine rings is 1. The molecule has 0 radical (unpaired) electrons. The van der Waals surface area contributed by atoms with Crippen molar-refractivity contribution in [3.05, 3.63) is 58.9 Å². The average molecular weight is 390 g/mol. The van der Waals surface area contributed by atoms with Crippen LogP contribution in [0.15, 0.2) is 42.6 Å². The standard InChI is InChI=1S/C18H16ClN3O5/c1-11(23)12-2-4-14(5-3-12)22-16(24)10-27-17(25)9-21-18(26)15-8-13(19)6-7-20-15/h2-8H,9-10H2,1H3,(H,21,26)(H,22,24). The Hall–Kier alpha value is -3.26. The van der Waals surface area contributed by atoms with Crippen LogP contribution in [-0.2, 0) is 14.3 Å². The fourth-order valence-corrected chi connectivity index (χ4v) is 2.11. The van der Waals surface area contributed by atoms with E-state index in [-0.39, 0.29) is 11.5 Å². The fraction of sp³-hybridized carbons (Fsp3) is 0.167. The summed E-state index contributed by atoms with van der Waals surface area (Å²) in [7, 11) is 0. The van der Waals surface area contributed by atoms with Crippen molar-refractivity contribution in [1.29, 1.82) is 0 Å². The van der Waals surface area contributed by atoms with Crippen LogP contribution >= 0.6 is 11.6 Å². The quantitative estimate of drug-likeness (QED) is 0.551. The van der Waals surface area contributed by atoms with Crippen LogP contribution < -0.4 is 10.6 Å². The van der Waals surface area contributed by atoms with Crippen LogP contribution in [-0.4, -0.2) is 41.7 Å². The normalized spacial score (nSPS) is 10.0. The Kier molecular flexibility index (Phi) is 7.01. The van der Waals surface area contributed by atoms with Crippen molar-refractivity contribution in [2.24, 2.45) is 0 Å². The topological polar surface area (TPSA) is 114 Å². The maximum absolute atomic E-state index is 11.8. The number of carbonyl (C=O) groups excluding carboxylic acids is 4. The molecule has 0 unspecified atom stereocenters. The Morgan fingerprint density at radius 2 is 1.81 bits per heavy atom. The molecule has 1 aromatic heterocycles. The third-order valence-electron chi connectivity index (χ3n) is 3.29. The van der Waals surface area contributed by atoms with Crippen molar-refractivity contribution in [1.82, 2.24) is 10.3 Å². The second-order valence-electron chi connectivity index (χ2n) is 5.38. The summed E-state index contributed by atoms with van der Waals surface area (Å²) in [4.78, 5) is 50.2. The van der Waals surface area contributed by atoms with E-state index in [9.17, 15) is 19.2 Å². The molecule has 0 fully saturated rings. The van der Waals surface area contributed by atoms with Crippen LogP contribution in [0, 0.1) is 0 Å². The third kappa shape index (κ3) is 6.52. The van der Waals surface area contributed by atoms with Gasteiger partial charge >= 0.3 is 5.97 Å². The number of nitrogens with one attached hydrogen (secondary N) is 2. The molecule has 27 heavy (non-hydrogen) atoms. The zero-order valence-corrected chi connectivity index (χ0v) is 15.1. The number of carbonyl (C=O) groups is 4. The molecule has 2 aromatic rings. The maximum Gasteiger partial charge on any atom is 0.325 e. The highest BCUT2D eigenvalue weighted by atomic mass is 35.5. The smallest absolute Gasteiger partial charge is 0.325 e. The van der Waals surface area contributed by atoms with Gasteiger partial charge in [0, 0.05) is 22.5 Å². The van der Waals surface area contributed by atoms with E-state index in [1.165, 1.54) is 25.3 Å². The zero-order chi connectivity index (χ0) is 19.8. The molecule has 2 amide bonds. The van der Waals surface area contributed by atoms with Gasteiger partial charge in [0.15, 0.2) is 12.4 Å². The lowest BCUT2D eigenvalue weighted by Crippen LogP contribution is -2.32. The van der Waals surface area contributed by atoms with Crippen molar-refractivity contribution in [3.8, 4) is 0 Å². The molecule has 0 atom stereocenters. The van der Waals surface area contributed by atoms with Gasteiger partial charge in [-0.2, -0.15) is 0 Å². The molecule has 1 heterocycles. The highest BCUT2D eigenvalue weighted by Crippen LogP contribution is 2.10. The Balaban J connectivity index is 1.73. The van der Waals surface area contributed by atoms with E-state index in [0.29, 0.717) is 16.3 Å². The predicted molar refractivity (Wildman–Crippen MR) is 97.6 cm³/mol. The summed E-state index contributed by atoms with van der Waals surface area (Å²) in [6.45, 7) is 0.500. The summed E-state index contributed by atoms with van der Waals surface area (Å²) in [5.41, 5.74) is 1.03. The Morgan fingerprint density at radius 1 is 1.11 bits per heavy atom. The first kappa shape index (κ1) is 20.1. The van der Waals surface area contributed by atoms with E-state index in [1.54, 1.807) is 24.3 Å². The molecule has 8 nitrogen and oxygen atoms in total. The average Bonchev–Trinajstić information content (AvgIpc) is 2.64. The largest absolute Gasteiger partial charge is 0.454 e. The minimum atomic E-state index is -0.785. The Bertz CT molecular complexity index is 868. The van der Waals surface area contributed by atoms with Crippen LogP contribution in [0.1, 0.15) is 27.8 Å². The summed E-state index contributed by atoms with van der Waals surface area (Å²) in [6.07, 6.45) is 1.36. The number of hydrogen-bond acceptors (Lipinski definition) is 6. The number of Topliss-reactive ketones (excluding diaryl/α,β-unsaturated/α-hetero) is 1. The van der Waals surface area contributed by atoms with Gasteiger partial charge in [0.1, 0.15) is 12.2 Å². The van der Waals surface area contributed by atoms with Gasteiger partial charge in [-0.25, -0.2) is 0 Å². The molecule has 1 aromatic carbocycles. The Labute approximate surface area is 159 Å². The molecule has 9 heteroatoms. The first-order chi connectivity index (χ1) is 12.8. The number of anilines is 1. The predicted octanol–water partition coefficient (Wildman–Crippen LogP) is 1.85. The van der Waals surface area contributed by atoms with Crippen molar-refractivity contribution < 1.29 is 23.9 Å². The SMILES string of the molecule is CC(=O)c1ccc(NC(=O)COC(=O)CNC(=O)c2cc(Cl)ccn2)cc1. The highest BCUT2D eigenvalue weighted by Gasteiger charge is 2.12. The lowest BCUT2D eigenvalue weighted by molar-refractivity contribution is -0.146. The van der Waals surface area contributed by atoms with E-state index < -0.39 is 30.9 Å². The second kappa shape index (κ2) is 9.44. The number of benzene rings is 1. The van der Waals surface area contributed by atoms with Crippen LogP contribution in [0.2, 0.25) is 5.02 Å². The summed E-state index contributed by atoms with van der Waals surface area (Å²) in [5, 5.41) is 5.18. The van der Waals surface area contributed by atoms with Crippen LogP contribution in [0.4, 0.5) is 5.69 Å². The molecule has 2 N–H and O–H groups in total. The van der Waals surface area contributed by atoms with Crippen LogP contribution in [0.3, 0.4) is 0 Å². The van der Waals surface area contributed by atoms with Gasteiger partial charge in [-0.1, -0.05) is 11.6 Å². The second-order valence-corrected chi connectivity index (χ2v) is 5.82. The summed E-state index contributed by atoms with van der Waals surface area (Å²) >= 11 is 5.75. The lowest BCUT2D eigenvalue weighted by Gasteiger charge is -2.08. The van der Waals surface area contributed by atoms with E-state index in [2.05, 4.69) is 15.6 Å². The number of rotatable bonds is 7. The molecule has 0 aliphatic heterocycles. The maximum atomic E-state index is 11.8. The van der Waals surface area contributed by atoms with Gasteiger partial charge in [0.2, 0.25) is 0 Å². The van der Waals surface area contributed by atoms with E-state index in [1.807, 2.05) is 0 Å². The first-order valence-electron chi connectivity index (χ1n) is 7.81. The van der Waals surface area contributed by atoms with E-state index >= 15 is 0 Å². The summed E-state index contributed by atoms with van der Waals surface area (Å²) in [5.74, 6) is -2.02. The highest BCUT2D eigenvalue weighted by molar-refractivity contribution is 6.30. The van der Waals surface area contributed by atoms with Gasteiger partial charge in [0.05, 0.1) is 0 Å². The number of hydrogen-bond donors (Lipinski definition) is 2. The molecule has 0 aliphatic carbocycles. The summed E-state index contributed by atoms with van der Waals surface area (Å²) in [6, 6.07) is 9.14. The van der Waals surface area contributed by atoms with Gasteiger partial charge < -0.3 is 15.4 Å². The number of amides is 2. The summed E-state index contributed by atoms with van der Waals surface area (Å²) < 4.78 is 4.78. The van der Waals surface area contributed by atoms with Crippen LogP contribution in [0.25, 0.3) is 0 Å². The molecular formula is C18H16ClN3O5. The van der Waals surface area contributed by atoms with Crippen molar-refractivity contribution in [2.45, 2.75) is 6.92 Å². The molecule has 0 aliphatic rings. The number of ether oxygens (including phenoxy) is 1. The minimum Gasteiger partial charge on any atom is -0.454 e. The molecule has 0 bridgehead atoms. The van der Waals surface area contributed by atoms with Crippen molar-refractivity contribution in [3.63, 3.8) is 0 Å². The minimum absolute atomic E-state index is 0.0575. The molecule has 140 valence electrons. The fourth-order valence-electron chi connectivity index (χ4n) is 1.95. The molecule has 2 rings (SSSR count). The van der Waals surface area contributed by atoms with Crippen LogP contribution in [0.5, 0.6) is 0 Å². The number of ketones is 1.